The molecule has 238 valence electrons. The van der Waals surface area contributed by atoms with E-state index in [0.29, 0.717) is 16.7 Å². The number of ketones is 2. The lowest BCUT2D eigenvalue weighted by molar-refractivity contribution is -0.156. The van der Waals surface area contributed by atoms with Gasteiger partial charge >= 0.3 is 11.9 Å². The maximum Gasteiger partial charge on any atom is 0.325 e. The molecule has 4 atom stereocenters. The monoisotopic (exact) mass is 640 g/mol. The minimum Gasteiger partial charge on any atom is -0.481 e. The summed E-state index contributed by atoms with van der Waals surface area (Å²) in [7, 11) is 0. The number of benzene rings is 4. The Morgan fingerprint density at radius 2 is 1.29 bits per heavy atom. The van der Waals surface area contributed by atoms with Crippen LogP contribution in [0.15, 0.2) is 97.1 Å². The number of fused-ring (bicyclic) bond motifs is 3. The summed E-state index contributed by atoms with van der Waals surface area (Å²) in [4.78, 5) is 80.2. The lowest BCUT2D eigenvalue weighted by Gasteiger charge is -2.30. The molecule has 0 radical (unpaired) electrons. The number of rotatable bonds is 8. The van der Waals surface area contributed by atoms with Crippen LogP contribution in [0.2, 0.25) is 0 Å². The van der Waals surface area contributed by atoms with E-state index in [1.54, 1.807) is 54.6 Å². The molecule has 10 nitrogen and oxygen atoms in total. The summed E-state index contributed by atoms with van der Waals surface area (Å²) in [6, 6.07) is 26.7. The maximum atomic E-state index is 14.1. The van der Waals surface area contributed by atoms with E-state index in [1.807, 2.05) is 42.5 Å². The van der Waals surface area contributed by atoms with Crippen LogP contribution in [0.25, 0.3) is 12.2 Å². The first-order valence-electron chi connectivity index (χ1n) is 15.3. The fourth-order valence-electron chi connectivity index (χ4n) is 7.18. The molecule has 4 aromatic carbocycles. The van der Waals surface area contributed by atoms with Gasteiger partial charge in [-0.05, 0) is 34.4 Å². The van der Waals surface area contributed by atoms with Gasteiger partial charge in [0, 0.05) is 28.3 Å². The Morgan fingerprint density at radius 1 is 0.708 bits per heavy atom. The van der Waals surface area contributed by atoms with E-state index in [4.69, 9.17) is 0 Å². The molecule has 3 aliphatic rings. The lowest BCUT2D eigenvalue weighted by Crippen LogP contribution is -2.56. The van der Waals surface area contributed by atoms with Gasteiger partial charge < -0.3 is 10.2 Å². The highest BCUT2D eigenvalue weighted by Crippen LogP contribution is 2.50. The molecule has 0 bridgehead atoms. The maximum absolute atomic E-state index is 14.1. The van der Waals surface area contributed by atoms with Crippen LogP contribution in [0.4, 0.5) is 0 Å². The molecule has 2 heterocycles. The molecule has 2 fully saturated rings. The van der Waals surface area contributed by atoms with E-state index < -0.39 is 53.6 Å². The third kappa shape index (κ3) is 4.94. The average Bonchev–Trinajstić information content (AvgIpc) is 3.56. The highest BCUT2D eigenvalue weighted by Gasteiger charge is 2.69. The number of carboxylic acid groups (broad SMARTS) is 2. The number of carbonyl (C=O) groups is 6. The van der Waals surface area contributed by atoms with Gasteiger partial charge in [0.05, 0.1) is 24.8 Å². The number of imide groups is 1. The fourth-order valence-corrected chi connectivity index (χ4v) is 7.18. The van der Waals surface area contributed by atoms with E-state index in [9.17, 15) is 39.0 Å². The van der Waals surface area contributed by atoms with Gasteiger partial charge in [-0.2, -0.15) is 0 Å². The van der Waals surface area contributed by atoms with Crippen LogP contribution in [0, 0.1) is 11.8 Å². The van der Waals surface area contributed by atoms with Crippen LogP contribution in [0.3, 0.4) is 0 Å². The highest BCUT2D eigenvalue weighted by atomic mass is 16.4. The summed E-state index contributed by atoms with van der Waals surface area (Å²) in [5.74, 6) is -7.86. The number of nitrogens with zero attached hydrogens (tertiary/aromatic N) is 1. The van der Waals surface area contributed by atoms with Gasteiger partial charge in [-0.3, -0.25) is 39.0 Å². The molecule has 2 aliphatic heterocycles. The first-order chi connectivity index (χ1) is 23.1. The van der Waals surface area contributed by atoms with Crippen molar-refractivity contribution in [2.24, 2.45) is 11.8 Å². The summed E-state index contributed by atoms with van der Waals surface area (Å²) < 4.78 is 0. The first-order valence-corrected chi connectivity index (χ1v) is 15.3. The Morgan fingerprint density at radius 3 is 1.92 bits per heavy atom. The number of nitrogens with one attached hydrogen (secondary N) is 1. The third-order valence-corrected chi connectivity index (χ3v) is 9.45. The number of carbonyl (C=O) groups excluding carboxylic acids is 4. The van der Waals surface area contributed by atoms with Crippen molar-refractivity contribution in [2.75, 3.05) is 0 Å². The zero-order chi connectivity index (χ0) is 33.7. The molecule has 2 amide bonds. The molecular formula is C38H28N2O8. The SMILES string of the molecule is O=C(O)CC1(C(=O)O)NC(c2ccc(C=Cc3ccccc3)cc2)C2C(=O)N(Cc3ccc4c(c3)C(=O)c3ccccc3C4=O)C(=O)C21. The van der Waals surface area contributed by atoms with Gasteiger partial charge in [-0.25, -0.2) is 0 Å². The van der Waals surface area contributed by atoms with Crippen LogP contribution < -0.4 is 5.32 Å². The largest absolute Gasteiger partial charge is 0.481 e. The predicted octanol–water partition coefficient (Wildman–Crippen LogP) is 4.38. The second-order valence-corrected chi connectivity index (χ2v) is 12.2. The van der Waals surface area contributed by atoms with Gasteiger partial charge in [0.2, 0.25) is 11.8 Å². The van der Waals surface area contributed by atoms with Crippen molar-refractivity contribution < 1.29 is 39.0 Å². The van der Waals surface area contributed by atoms with Crippen LogP contribution >= 0.6 is 0 Å². The molecule has 48 heavy (non-hydrogen) atoms. The second-order valence-electron chi connectivity index (χ2n) is 12.2. The standard InChI is InChI=1S/C38H28N2O8/c41-29(42)19-38(37(47)48)31-30(32(39-38)24-15-12-22(13-16-24)11-10-21-6-2-1-3-7-21)35(45)40(36(31)46)20-23-14-17-27-28(18-23)34(44)26-9-5-4-8-25(26)33(27)43/h1-18,30-32,39H,19-20H2,(H,41,42)(H,47,48). The summed E-state index contributed by atoms with van der Waals surface area (Å²) >= 11 is 0. The Kier molecular flexibility index (Phi) is 7.45. The van der Waals surface area contributed by atoms with E-state index >= 15 is 0 Å². The quantitative estimate of drug-likeness (QED) is 0.165. The van der Waals surface area contributed by atoms with Crippen molar-refractivity contribution in [3.63, 3.8) is 0 Å². The summed E-state index contributed by atoms with van der Waals surface area (Å²) in [5, 5.41) is 23.1. The first kappa shape index (κ1) is 30.6. The lowest BCUT2D eigenvalue weighted by atomic mass is 9.77. The van der Waals surface area contributed by atoms with E-state index in [2.05, 4.69) is 5.32 Å². The van der Waals surface area contributed by atoms with Crippen molar-refractivity contribution in [1.82, 2.24) is 10.2 Å². The van der Waals surface area contributed by atoms with Crippen molar-refractivity contribution in [3.8, 4) is 0 Å². The molecule has 0 spiro atoms. The molecular weight excluding hydrogens is 612 g/mol. The van der Waals surface area contributed by atoms with Crippen molar-refractivity contribution >= 4 is 47.5 Å². The smallest absolute Gasteiger partial charge is 0.325 e. The Labute approximate surface area is 274 Å². The zero-order valence-corrected chi connectivity index (χ0v) is 25.3. The molecule has 7 rings (SSSR count). The zero-order valence-electron chi connectivity index (χ0n) is 25.3. The molecule has 0 saturated carbocycles. The van der Waals surface area contributed by atoms with Gasteiger partial charge in [0.1, 0.15) is 5.54 Å². The minimum atomic E-state index is -2.25. The molecule has 4 unspecified atom stereocenters. The van der Waals surface area contributed by atoms with Gasteiger partial charge in [0.25, 0.3) is 0 Å². The van der Waals surface area contributed by atoms with Gasteiger partial charge in [-0.15, -0.1) is 0 Å². The van der Waals surface area contributed by atoms with Crippen LogP contribution in [-0.4, -0.2) is 56.0 Å². The summed E-state index contributed by atoms with van der Waals surface area (Å²) in [5.41, 5.74) is 1.38. The van der Waals surface area contributed by atoms with Crippen LogP contribution in [-0.2, 0) is 25.7 Å². The van der Waals surface area contributed by atoms with Crippen molar-refractivity contribution in [1.29, 1.82) is 0 Å². The number of hydrogen-bond acceptors (Lipinski definition) is 7. The van der Waals surface area contributed by atoms with Gasteiger partial charge in [-0.1, -0.05) is 97.1 Å². The third-order valence-electron chi connectivity index (χ3n) is 9.45. The van der Waals surface area contributed by atoms with E-state index in [0.717, 1.165) is 16.0 Å². The Bertz CT molecular complexity index is 2070. The number of hydrogen-bond donors (Lipinski definition) is 3. The molecule has 3 N–H and O–H groups in total. The fraction of sp³-hybridized carbons (Fsp3) is 0.158. The second kappa shape index (κ2) is 11.7. The van der Waals surface area contributed by atoms with E-state index in [1.165, 1.54) is 12.1 Å². The van der Waals surface area contributed by atoms with Crippen LogP contribution in [0.1, 0.15) is 66.6 Å². The number of amides is 2. The predicted molar refractivity (Wildman–Crippen MR) is 173 cm³/mol. The van der Waals surface area contributed by atoms with Crippen molar-refractivity contribution in [2.45, 2.75) is 24.5 Å². The molecule has 2 saturated heterocycles. The Balaban J connectivity index is 1.21. The van der Waals surface area contributed by atoms with Crippen molar-refractivity contribution in [3.05, 3.63) is 142 Å². The van der Waals surface area contributed by atoms with Gasteiger partial charge in [0.15, 0.2) is 11.6 Å². The molecule has 1 aliphatic carbocycles. The minimum absolute atomic E-state index is 0.141. The number of aliphatic carboxylic acids is 2. The topological polar surface area (TPSA) is 158 Å². The van der Waals surface area contributed by atoms with Crippen LogP contribution in [0.5, 0.6) is 0 Å². The average molecular weight is 641 g/mol. The molecule has 10 heteroatoms. The summed E-state index contributed by atoms with van der Waals surface area (Å²) in [6.07, 6.45) is 2.90. The summed E-state index contributed by atoms with van der Waals surface area (Å²) in [6.45, 7) is -0.292. The highest BCUT2D eigenvalue weighted by molar-refractivity contribution is 6.28. The number of carboxylic acids is 2. The van der Waals surface area contributed by atoms with E-state index in [-0.39, 0.29) is 34.8 Å². The molecule has 4 aromatic rings. The normalized spacial score (nSPS) is 22.9. The molecule has 0 aromatic heterocycles. The number of likely N-dealkylation sites (tertiary alicyclic amines) is 1. The Hall–Kier alpha value is -6.00.